The van der Waals surface area contributed by atoms with Crippen LogP contribution in [0.4, 0.5) is 5.69 Å². The van der Waals surface area contributed by atoms with Crippen molar-refractivity contribution in [2.45, 2.75) is 38.8 Å². The Morgan fingerprint density at radius 1 is 1.44 bits per heavy atom. The molecule has 0 spiro atoms. The van der Waals surface area contributed by atoms with Crippen molar-refractivity contribution >= 4 is 21.6 Å². The molecule has 0 heterocycles. The summed E-state index contributed by atoms with van der Waals surface area (Å²) in [6.45, 7) is 4.41. The Bertz CT molecular complexity index is 361. The molecular formula is C13H19BrN2. The standard InChI is InChI=1S/C13H19BrN2/c1-2-7-16(12-5-6-12)9-10-3-4-11(14)8-13(10)15/h3-4,8,12H,2,5-7,9,15H2,1H3. The van der Waals surface area contributed by atoms with Crippen molar-refractivity contribution in [1.82, 2.24) is 4.90 Å². The Balaban J connectivity index is 2.05. The summed E-state index contributed by atoms with van der Waals surface area (Å²) in [5, 5.41) is 0. The molecule has 0 saturated heterocycles. The SMILES string of the molecule is CCCN(Cc1ccc(Br)cc1N)C1CC1. The molecule has 0 aliphatic heterocycles. The molecule has 1 aliphatic rings. The maximum atomic E-state index is 6.03. The second kappa shape index (κ2) is 5.19. The van der Waals surface area contributed by atoms with E-state index in [9.17, 15) is 0 Å². The molecular weight excluding hydrogens is 264 g/mol. The van der Waals surface area contributed by atoms with Gasteiger partial charge in [0.2, 0.25) is 0 Å². The lowest BCUT2D eigenvalue weighted by Crippen LogP contribution is -2.26. The Kier molecular flexibility index (Phi) is 3.87. The topological polar surface area (TPSA) is 29.3 Å². The number of nitrogen functional groups attached to an aromatic ring is 1. The van der Waals surface area contributed by atoms with E-state index in [0.717, 1.165) is 22.7 Å². The van der Waals surface area contributed by atoms with E-state index in [1.807, 2.05) is 6.07 Å². The van der Waals surface area contributed by atoms with Gasteiger partial charge in [-0.1, -0.05) is 28.9 Å². The zero-order valence-corrected chi connectivity index (χ0v) is 11.3. The number of nitrogens with two attached hydrogens (primary N) is 1. The fraction of sp³-hybridized carbons (Fsp3) is 0.538. The first-order valence-electron chi connectivity index (χ1n) is 5.98. The third-order valence-corrected chi connectivity index (χ3v) is 3.55. The van der Waals surface area contributed by atoms with Crippen LogP contribution in [0.3, 0.4) is 0 Å². The van der Waals surface area contributed by atoms with Gasteiger partial charge >= 0.3 is 0 Å². The molecule has 1 saturated carbocycles. The van der Waals surface area contributed by atoms with E-state index >= 15 is 0 Å². The van der Waals surface area contributed by atoms with Gasteiger partial charge in [-0.15, -0.1) is 0 Å². The van der Waals surface area contributed by atoms with Crippen LogP contribution in [0, 0.1) is 0 Å². The molecule has 16 heavy (non-hydrogen) atoms. The molecule has 1 aliphatic carbocycles. The molecule has 0 aromatic heterocycles. The summed E-state index contributed by atoms with van der Waals surface area (Å²) >= 11 is 3.44. The third-order valence-electron chi connectivity index (χ3n) is 3.06. The molecule has 0 bridgehead atoms. The minimum atomic E-state index is 0.808. The van der Waals surface area contributed by atoms with Gasteiger partial charge in [0.05, 0.1) is 0 Å². The van der Waals surface area contributed by atoms with Gasteiger partial charge < -0.3 is 5.73 Å². The number of halogens is 1. The molecule has 1 aromatic carbocycles. The molecule has 0 radical (unpaired) electrons. The molecule has 2 N–H and O–H groups in total. The van der Waals surface area contributed by atoms with Crippen molar-refractivity contribution in [3.63, 3.8) is 0 Å². The molecule has 0 atom stereocenters. The van der Waals surface area contributed by atoms with Gasteiger partial charge in [-0.3, -0.25) is 4.90 Å². The van der Waals surface area contributed by atoms with Gasteiger partial charge in [0.1, 0.15) is 0 Å². The number of nitrogens with zero attached hydrogens (tertiary/aromatic N) is 1. The van der Waals surface area contributed by atoms with E-state index < -0.39 is 0 Å². The molecule has 2 rings (SSSR count). The average Bonchev–Trinajstić information content (AvgIpc) is 3.04. The summed E-state index contributed by atoms with van der Waals surface area (Å²) in [6.07, 6.45) is 3.93. The number of anilines is 1. The van der Waals surface area contributed by atoms with Gasteiger partial charge in [0.15, 0.2) is 0 Å². The summed E-state index contributed by atoms with van der Waals surface area (Å²) in [5.41, 5.74) is 8.18. The lowest BCUT2D eigenvalue weighted by atomic mass is 10.1. The van der Waals surface area contributed by atoms with E-state index in [1.165, 1.54) is 31.4 Å². The van der Waals surface area contributed by atoms with Gasteiger partial charge in [-0.2, -0.15) is 0 Å². The Labute approximate surface area is 106 Å². The van der Waals surface area contributed by atoms with E-state index in [-0.39, 0.29) is 0 Å². The van der Waals surface area contributed by atoms with E-state index in [0.29, 0.717) is 0 Å². The predicted molar refractivity (Wildman–Crippen MR) is 72.3 cm³/mol. The van der Waals surface area contributed by atoms with Crippen molar-refractivity contribution in [2.24, 2.45) is 0 Å². The average molecular weight is 283 g/mol. The highest BCUT2D eigenvalue weighted by Gasteiger charge is 2.28. The van der Waals surface area contributed by atoms with Gasteiger partial charge in [-0.05, 0) is 43.5 Å². The molecule has 3 heteroatoms. The molecule has 0 amide bonds. The molecule has 88 valence electrons. The molecule has 0 unspecified atom stereocenters. The maximum Gasteiger partial charge on any atom is 0.0371 e. The summed E-state index contributed by atoms with van der Waals surface area (Å²) in [5.74, 6) is 0. The Morgan fingerprint density at radius 2 is 2.19 bits per heavy atom. The van der Waals surface area contributed by atoms with Crippen LogP contribution in [-0.2, 0) is 6.54 Å². The normalized spacial score (nSPS) is 15.7. The Morgan fingerprint density at radius 3 is 2.75 bits per heavy atom. The minimum Gasteiger partial charge on any atom is -0.398 e. The summed E-state index contributed by atoms with van der Waals surface area (Å²) in [6, 6.07) is 7.00. The summed E-state index contributed by atoms with van der Waals surface area (Å²) in [4.78, 5) is 2.56. The fourth-order valence-corrected chi connectivity index (χ4v) is 2.43. The van der Waals surface area contributed by atoms with Crippen LogP contribution in [0.5, 0.6) is 0 Å². The third kappa shape index (κ3) is 2.98. The van der Waals surface area contributed by atoms with E-state index in [2.05, 4.69) is 39.9 Å². The van der Waals surface area contributed by atoms with Crippen molar-refractivity contribution in [3.8, 4) is 0 Å². The second-order valence-corrected chi connectivity index (χ2v) is 5.46. The number of benzene rings is 1. The smallest absolute Gasteiger partial charge is 0.0371 e. The lowest BCUT2D eigenvalue weighted by molar-refractivity contribution is 0.256. The monoisotopic (exact) mass is 282 g/mol. The molecule has 2 nitrogen and oxygen atoms in total. The molecule has 1 fully saturated rings. The lowest BCUT2D eigenvalue weighted by Gasteiger charge is -2.22. The quantitative estimate of drug-likeness (QED) is 0.839. The van der Waals surface area contributed by atoms with E-state index in [4.69, 9.17) is 5.73 Å². The van der Waals surface area contributed by atoms with Crippen LogP contribution in [0.25, 0.3) is 0 Å². The first kappa shape index (κ1) is 11.9. The minimum absolute atomic E-state index is 0.808. The summed E-state index contributed by atoms with van der Waals surface area (Å²) in [7, 11) is 0. The van der Waals surface area contributed by atoms with Crippen LogP contribution in [0.15, 0.2) is 22.7 Å². The largest absolute Gasteiger partial charge is 0.398 e. The zero-order valence-electron chi connectivity index (χ0n) is 9.75. The number of rotatable bonds is 5. The van der Waals surface area contributed by atoms with Gasteiger partial charge in [0, 0.05) is 22.7 Å². The van der Waals surface area contributed by atoms with Crippen molar-refractivity contribution in [2.75, 3.05) is 12.3 Å². The van der Waals surface area contributed by atoms with Gasteiger partial charge in [0.25, 0.3) is 0 Å². The number of hydrogen-bond acceptors (Lipinski definition) is 2. The fourth-order valence-electron chi connectivity index (χ4n) is 2.05. The van der Waals surface area contributed by atoms with Crippen LogP contribution < -0.4 is 5.73 Å². The highest BCUT2D eigenvalue weighted by atomic mass is 79.9. The number of hydrogen-bond donors (Lipinski definition) is 1. The van der Waals surface area contributed by atoms with Crippen LogP contribution >= 0.6 is 15.9 Å². The Hall–Kier alpha value is -0.540. The van der Waals surface area contributed by atoms with Crippen molar-refractivity contribution in [3.05, 3.63) is 28.2 Å². The molecule has 1 aromatic rings. The van der Waals surface area contributed by atoms with Gasteiger partial charge in [-0.25, -0.2) is 0 Å². The first-order valence-corrected chi connectivity index (χ1v) is 6.78. The zero-order chi connectivity index (χ0) is 11.5. The summed E-state index contributed by atoms with van der Waals surface area (Å²) < 4.78 is 1.06. The highest BCUT2D eigenvalue weighted by molar-refractivity contribution is 9.10. The van der Waals surface area contributed by atoms with Crippen molar-refractivity contribution in [1.29, 1.82) is 0 Å². The highest BCUT2D eigenvalue weighted by Crippen LogP contribution is 2.30. The van der Waals surface area contributed by atoms with Crippen LogP contribution in [0.1, 0.15) is 31.7 Å². The van der Waals surface area contributed by atoms with E-state index in [1.54, 1.807) is 0 Å². The first-order chi connectivity index (χ1) is 7.70. The van der Waals surface area contributed by atoms with Crippen LogP contribution in [0.2, 0.25) is 0 Å². The second-order valence-electron chi connectivity index (χ2n) is 4.54. The maximum absolute atomic E-state index is 6.03. The predicted octanol–water partition coefficient (Wildman–Crippen LogP) is 3.41. The van der Waals surface area contributed by atoms with Crippen molar-refractivity contribution < 1.29 is 0 Å². The van der Waals surface area contributed by atoms with Crippen LogP contribution in [-0.4, -0.2) is 17.5 Å².